The fourth-order valence-corrected chi connectivity index (χ4v) is 3.66. The summed E-state index contributed by atoms with van der Waals surface area (Å²) in [5.74, 6) is 0.809. The molecule has 3 nitrogen and oxygen atoms in total. The summed E-state index contributed by atoms with van der Waals surface area (Å²) < 4.78 is 0. The first-order chi connectivity index (χ1) is 8.85. The van der Waals surface area contributed by atoms with Crippen LogP contribution in [0.4, 0.5) is 0 Å². The molecule has 2 rings (SSSR count). The van der Waals surface area contributed by atoms with Gasteiger partial charge in [-0.3, -0.25) is 4.90 Å². The first kappa shape index (κ1) is 14.3. The topological polar surface area (TPSA) is 35.5 Å². The van der Waals surface area contributed by atoms with Crippen molar-refractivity contribution in [1.29, 1.82) is 0 Å². The summed E-state index contributed by atoms with van der Waals surface area (Å²) in [6, 6.07) is 1.16. The summed E-state index contributed by atoms with van der Waals surface area (Å²) in [7, 11) is 0. The van der Waals surface area contributed by atoms with Gasteiger partial charge in [-0.1, -0.05) is 19.8 Å². The molecule has 1 aliphatic carbocycles. The molecule has 1 saturated heterocycles. The minimum absolute atomic E-state index is 0.347. The van der Waals surface area contributed by atoms with Crippen molar-refractivity contribution in [3.05, 3.63) is 0 Å². The highest BCUT2D eigenvalue weighted by Crippen LogP contribution is 2.28. The summed E-state index contributed by atoms with van der Waals surface area (Å²) in [5, 5.41) is 13.2. The Balaban J connectivity index is 1.82. The van der Waals surface area contributed by atoms with Gasteiger partial charge in [-0.25, -0.2) is 0 Å². The Labute approximate surface area is 112 Å². The molecule has 0 aromatic rings. The number of hydrogen-bond donors (Lipinski definition) is 2. The smallest absolute Gasteiger partial charge is 0.0586 e. The first-order valence-electron chi connectivity index (χ1n) is 7.93. The molecule has 2 N–H and O–H groups in total. The number of hydrogen-bond acceptors (Lipinski definition) is 3. The Bertz CT molecular complexity index is 235. The molecule has 1 saturated carbocycles. The van der Waals surface area contributed by atoms with Gasteiger partial charge in [0.1, 0.15) is 0 Å². The van der Waals surface area contributed by atoms with E-state index in [1.807, 2.05) is 0 Å². The maximum Gasteiger partial charge on any atom is 0.0586 e. The highest BCUT2D eigenvalue weighted by atomic mass is 16.3. The van der Waals surface area contributed by atoms with Crippen LogP contribution in [-0.4, -0.2) is 48.3 Å². The Morgan fingerprint density at radius 3 is 2.83 bits per heavy atom. The summed E-state index contributed by atoms with van der Waals surface area (Å²) in [5.41, 5.74) is 0. The molecule has 0 aromatic heterocycles. The van der Waals surface area contributed by atoms with E-state index in [2.05, 4.69) is 17.1 Å². The molecule has 0 amide bonds. The normalized spacial score (nSPS) is 34.0. The van der Waals surface area contributed by atoms with Crippen molar-refractivity contribution < 1.29 is 5.11 Å². The van der Waals surface area contributed by atoms with E-state index in [0.717, 1.165) is 18.5 Å². The van der Waals surface area contributed by atoms with E-state index in [1.54, 1.807) is 0 Å². The molecule has 0 bridgehead atoms. The van der Waals surface area contributed by atoms with Gasteiger partial charge in [0.15, 0.2) is 0 Å². The molecular formula is C15H30N2O. The van der Waals surface area contributed by atoms with Crippen LogP contribution in [0.5, 0.6) is 0 Å². The predicted octanol–water partition coefficient (Wildman–Crippen LogP) is 2.00. The van der Waals surface area contributed by atoms with Crippen LogP contribution in [0.25, 0.3) is 0 Å². The minimum Gasteiger partial charge on any atom is -0.395 e. The highest BCUT2D eigenvalue weighted by molar-refractivity contribution is 4.87. The lowest BCUT2D eigenvalue weighted by Gasteiger charge is -2.37. The van der Waals surface area contributed by atoms with Crippen LogP contribution < -0.4 is 5.32 Å². The van der Waals surface area contributed by atoms with E-state index in [9.17, 15) is 5.11 Å². The van der Waals surface area contributed by atoms with Crippen LogP contribution in [0.3, 0.4) is 0 Å². The van der Waals surface area contributed by atoms with E-state index in [-0.39, 0.29) is 0 Å². The number of likely N-dealkylation sites (tertiary alicyclic amines) is 1. The van der Waals surface area contributed by atoms with Gasteiger partial charge in [-0.2, -0.15) is 0 Å². The lowest BCUT2D eigenvalue weighted by molar-refractivity contribution is 0.0727. The molecule has 2 aliphatic rings. The fourth-order valence-electron chi connectivity index (χ4n) is 3.66. The van der Waals surface area contributed by atoms with Crippen molar-refractivity contribution in [3.8, 4) is 0 Å². The van der Waals surface area contributed by atoms with E-state index in [0.29, 0.717) is 12.6 Å². The maximum absolute atomic E-state index is 9.49. The Morgan fingerprint density at radius 1 is 1.17 bits per heavy atom. The number of rotatable bonds is 6. The lowest BCUT2D eigenvalue weighted by Crippen LogP contribution is -2.47. The standard InChI is InChI=1S/C15H30N2O/c1-2-9-16-15-8-5-6-13(15)11-17-10-4-3-7-14(17)12-18/h13-16,18H,2-12H2,1H3. The highest BCUT2D eigenvalue weighted by Gasteiger charge is 2.31. The van der Waals surface area contributed by atoms with E-state index in [4.69, 9.17) is 0 Å². The van der Waals surface area contributed by atoms with Crippen molar-refractivity contribution >= 4 is 0 Å². The van der Waals surface area contributed by atoms with Crippen molar-refractivity contribution in [2.24, 2.45) is 5.92 Å². The van der Waals surface area contributed by atoms with Gasteiger partial charge in [0.2, 0.25) is 0 Å². The molecule has 0 spiro atoms. The van der Waals surface area contributed by atoms with E-state index >= 15 is 0 Å². The second kappa shape index (κ2) is 7.46. The first-order valence-corrected chi connectivity index (χ1v) is 7.93. The molecule has 0 aromatic carbocycles. The second-order valence-corrected chi connectivity index (χ2v) is 6.08. The van der Waals surface area contributed by atoms with Crippen molar-refractivity contribution in [1.82, 2.24) is 10.2 Å². The third kappa shape index (κ3) is 3.69. The van der Waals surface area contributed by atoms with Crippen LogP contribution in [0, 0.1) is 5.92 Å². The third-order valence-electron chi connectivity index (χ3n) is 4.74. The van der Waals surface area contributed by atoms with Gasteiger partial charge >= 0.3 is 0 Å². The summed E-state index contributed by atoms with van der Waals surface area (Å²) in [6.07, 6.45) is 9.13. The van der Waals surface area contributed by atoms with Crippen LogP contribution in [0.1, 0.15) is 51.9 Å². The van der Waals surface area contributed by atoms with Crippen LogP contribution >= 0.6 is 0 Å². The zero-order valence-electron chi connectivity index (χ0n) is 11.9. The van der Waals surface area contributed by atoms with Crippen LogP contribution in [0.2, 0.25) is 0 Å². The van der Waals surface area contributed by atoms with Crippen molar-refractivity contribution in [2.45, 2.75) is 64.0 Å². The Morgan fingerprint density at radius 2 is 2.06 bits per heavy atom. The molecule has 2 fully saturated rings. The largest absolute Gasteiger partial charge is 0.395 e. The number of nitrogens with one attached hydrogen (secondary N) is 1. The molecular weight excluding hydrogens is 224 g/mol. The molecule has 106 valence electrons. The van der Waals surface area contributed by atoms with E-state index in [1.165, 1.54) is 58.0 Å². The summed E-state index contributed by atoms with van der Waals surface area (Å²) in [4.78, 5) is 2.56. The van der Waals surface area contributed by atoms with Crippen LogP contribution in [0.15, 0.2) is 0 Å². The average molecular weight is 254 g/mol. The summed E-state index contributed by atoms with van der Waals surface area (Å²) in [6.45, 7) is 6.14. The van der Waals surface area contributed by atoms with Gasteiger partial charge in [-0.15, -0.1) is 0 Å². The maximum atomic E-state index is 9.49. The number of aliphatic hydroxyl groups is 1. The molecule has 3 atom stereocenters. The van der Waals surface area contributed by atoms with Gasteiger partial charge in [0.05, 0.1) is 6.61 Å². The quantitative estimate of drug-likeness (QED) is 0.761. The van der Waals surface area contributed by atoms with Gasteiger partial charge < -0.3 is 10.4 Å². The molecule has 18 heavy (non-hydrogen) atoms. The zero-order chi connectivity index (χ0) is 12.8. The predicted molar refractivity (Wildman–Crippen MR) is 75.7 cm³/mol. The van der Waals surface area contributed by atoms with Crippen molar-refractivity contribution in [3.63, 3.8) is 0 Å². The third-order valence-corrected chi connectivity index (χ3v) is 4.74. The fraction of sp³-hybridized carbons (Fsp3) is 1.00. The molecule has 3 heteroatoms. The van der Waals surface area contributed by atoms with E-state index < -0.39 is 0 Å². The number of aliphatic hydroxyl groups excluding tert-OH is 1. The Hall–Kier alpha value is -0.120. The molecule has 1 aliphatic heterocycles. The number of piperidine rings is 1. The molecule has 3 unspecified atom stereocenters. The molecule has 1 heterocycles. The molecule has 0 radical (unpaired) electrons. The number of nitrogens with zero attached hydrogens (tertiary/aromatic N) is 1. The van der Waals surface area contributed by atoms with Gasteiger partial charge in [-0.05, 0) is 51.1 Å². The van der Waals surface area contributed by atoms with Crippen LogP contribution in [-0.2, 0) is 0 Å². The zero-order valence-corrected chi connectivity index (χ0v) is 11.9. The van der Waals surface area contributed by atoms with Crippen molar-refractivity contribution in [2.75, 3.05) is 26.2 Å². The second-order valence-electron chi connectivity index (χ2n) is 6.08. The monoisotopic (exact) mass is 254 g/mol. The summed E-state index contributed by atoms with van der Waals surface area (Å²) >= 11 is 0. The lowest BCUT2D eigenvalue weighted by atomic mass is 9.97. The SMILES string of the molecule is CCCNC1CCCC1CN1CCCCC1CO. The Kier molecular flexibility index (Phi) is 5.93. The van der Waals surface area contributed by atoms with Gasteiger partial charge in [0.25, 0.3) is 0 Å². The average Bonchev–Trinajstić information content (AvgIpc) is 2.84. The minimum atomic E-state index is 0.347. The van der Waals surface area contributed by atoms with Gasteiger partial charge in [0, 0.05) is 18.6 Å².